The summed E-state index contributed by atoms with van der Waals surface area (Å²) in [5.74, 6) is 1.45. The molecule has 2 saturated heterocycles. The van der Waals surface area contributed by atoms with E-state index < -0.39 is 12.1 Å². The van der Waals surface area contributed by atoms with Crippen LogP contribution in [0.25, 0.3) is 33.9 Å². The lowest BCUT2D eigenvalue weighted by Crippen LogP contribution is -2.42. The molecule has 12 nitrogen and oxygen atoms in total. The number of nitrogens with one attached hydrogen (secondary N) is 4. The molecule has 2 aliphatic heterocycles. The van der Waals surface area contributed by atoms with E-state index >= 15 is 0 Å². The summed E-state index contributed by atoms with van der Waals surface area (Å²) in [5, 5.41) is 15.1. The topological polar surface area (TPSA) is 154 Å². The molecule has 0 unspecified atom stereocenters. The molecule has 7 rings (SSSR count). The van der Waals surface area contributed by atoms with Crippen molar-refractivity contribution in [1.82, 2.24) is 45.7 Å². The highest BCUT2D eigenvalue weighted by Gasteiger charge is 2.37. The number of hydrogen-bond acceptors (Lipinski definition) is 8. The Bertz CT molecular complexity index is 1800. The number of aromatic amines is 2. The minimum absolute atomic E-state index is 0.202. The standard InChI is InChI=1S/C34H35N9O3/c1-46-34(45)40-30(23-7-3-2-4-8-23)33(44)43-18-6-10-29(43)32-37-19-27(38-32)22-13-11-21(12-14-22)24-15-16-25(42-41-24)28-20-36-31(39-28)26-9-5-17-35-26/h2-4,7-8,11-16,19-20,26,29-30,35H,5-6,9-10,17-18H2,1H3,(H,36,39)(H,37,38)(H,40,45)/t26-,29-,30+/m0/s1. The van der Waals surface area contributed by atoms with E-state index in [0.717, 1.165) is 72.0 Å². The van der Waals surface area contributed by atoms with E-state index in [1.54, 1.807) is 11.1 Å². The van der Waals surface area contributed by atoms with Gasteiger partial charge in [0, 0.05) is 12.1 Å². The molecule has 2 fully saturated rings. The van der Waals surface area contributed by atoms with Crippen LogP contribution < -0.4 is 10.6 Å². The second-order valence-electron chi connectivity index (χ2n) is 11.6. The van der Waals surface area contributed by atoms with Crippen LogP contribution in [0.4, 0.5) is 4.79 Å². The number of benzene rings is 2. The number of ether oxygens (including phenoxy) is 1. The van der Waals surface area contributed by atoms with Gasteiger partial charge in [0.15, 0.2) is 0 Å². The summed E-state index contributed by atoms with van der Waals surface area (Å²) in [6.07, 6.45) is 6.78. The van der Waals surface area contributed by atoms with Gasteiger partial charge in [-0.1, -0.05) is 54.6 Å². The van der Waals surface area contributed by atoms with Gasteiger partial charge in [0.1, 0.15) is 23.4 Å². The summed E-state index contributed by atoms with van der Waals surface area (Å²) in [6, 6.07) is 20.3. The molecule has 0 spiro atoms. The Hall–Kier alpha value is -5.36. The van der Waals surface area contributed by atoms with E-state index in [4.69, 9.17) is 4.74 Å². The monoisotopic (exact) mass is 617 g/mol. The van der Waals surface area contributed by atoms with E-state index in [0.29, 0.717) is 17.9 Å². The zero-order valence-electron chi connectivity index (χ0n) is 25.4. The van der Waals surface area contributed by atoms with Crippen molar-refractivity contribution in [1.29, 1.82) is 0 Å². The fourth-order valence-electron chi connectivity index (χ4n) is 6.26. The summed E-state index contributed by atoms with van der Waals surface area (Å²) < 4.78 is 4.80. The van der Waals surface area contributed by atoms with Gasteiger partial charge in [0.2, 0.25) is 0 Å². The number of carbonyl (C=O) groups is 2. The zero-order valence-corrected chi connectivity index (χ0v) is 25.4. The van der Waals surface area contributed by atoms with Crippen LogP contribution in [0.3, 0.4) is 0 Å². The number of methoxy groups -OCH3 is 1. The molecule has 0 radical (unpaired) electrons. The molecule has 2 aromatic carbocycles. The molecule has 4 N–H and O–H groups in total. The first-order valence-corrected chi connectivity index (χ1v) is 15.6. The number of imidazole rings is 2. The number of amides is 2. The van der Waals surface area contributed by atoms with Crippen molar-refractivity contribution in [2.45, 2.75) is 43.8 Å². The maximum Gasteiger partial charge on any atom is 0.407 e. The number of H-pyrrole nitrogens is 2. The third-order valence-corrected chi connectivity index (χ3v) is 8.69. The van der Waals surface area contributed by atoms with Crippen LogP contribution in [0.1, 0.15) is 61.0 Å². The van der Waals surface area contributed by atoms with E-state index in [1.165, 1.54) is 7.11 Å². The van der Waals surface area contributed by atoms with Gasteiger partial charge in [0.25, 0.3) is 5.91 Å². The van der Waals surface area contributed by atoms with E-state index in [1.807, 2.05) is 72.9 Å². The minimum Gasteiger partial charge on any atom is -0.453 e. The molecule has 3 aromatic heterocycles. The summed E-state index contributed by atoms with van der Waals surface area (Å²) >= 11 is 0. The molecule has 234 valence electrons. The highest BCUT2D eigenvalue weighted by atomic mass is 16.5. The minimum atomic E-state index is -0.862. The lowest BCUT2D eigenvalue weighted by atomic mass is 10.0. The SMILES string of the molecule is COC(=O)N[C@@H](C(=O)N1CCC[C@H]1c1ncc(-c2ccc(-c3ccc(-c4cnc([C@@H]5CCCN5)[nH]4)nn3)cc2)[nH]1)c1ccccc1. The molecule has 3 atom stereocenters. The van der Waals surface area contributed by atoms with E-state index in [2.05, 4.69) is 40.8 Å². The van der Waals surface area contributed by atoms with Gasteiger partial charge >= 0.3 is 6.09 Å². The Morgan fingerprint density at radius 2 is 1.57 bits per heavy atom. The molecule has 5 heterocycles. The molecule has 2 amide bonds. The maximum atomic E-state index is 13.8. The van der Waals surface area contributed by atoms with Crippen molar-refractivity contribution >= 4 is 12.0 Å². The van der Waals surface area contributed by atoms with Gasteiger partial charge in [-0.3, -0.25) is 4.79 Å². The molecular formula is C34H35N9O3. The highest BCUT2D eigenvalue weighted by molar-refractivity contribution is 5.87. The van der Waals surface area contributed by atoms with Crippen LogP contribution in [0.5, 0.6) is 0 Å². The summed E-state index contributed by atoms with van der Waals surface area (Å²) in [4.78, 5) is 43.7. The lowest BCUT2D eigenvalue weighted by Gasteiger charge is -2.28. The Morgan fingerprint density at radius 3 is 2.30 bits per heavy atom. The van der Waals surface area contributed by atoms with Crippen LogP contribution in [0, 0.1) is 0 Å². The van der Waals surface area contributed by atoms with Crippen molar-refractivity contribution < 1.29 is 14.3 Å². The van der Waals surface area contributed by atoms with Crippen LogP contribution in [-0.4, -0.2) is 67.2 Å². The molecular weight excluding hydrogens is 582 g/mol. The number of alkyl carbamates (subject to hydrolysis) is 1. The summed E-state index contributed by atoms with van der Waals surface area (Å²) in [6.45, 7) is 1.59. The molecule has 0 bridgehead atoms. The smallest absolute Gasteiger partial charge is 0.407 e. The Labute approximate surface area is 266 Å². The second-order valence-corrected chi connectivity index (χ2v) is 11.6. The average Bonchev–Trinajstić information content (AvgIpc) is 3.94. The van der Waals surface area contributed by atoms with Gasteiger partial charge < -0.3 is 30.2 Å². The molecule has 0 saturated carbocycles. The van der Waals surface area contributed by atoms with Gasteiger partial charge in [0.05, 0.1) is 48.7 Å². The van der Waals surface area contributed by atoms with Crippen LogP contribution in [0.2, 0.25) is 0 Å². The largest absolute Gasteiger partial charge is 0.453 e. The quantitative estimate of drug-likeness (QED) is 0.187. The number of likely N-dealkylation sites (tertiary alicyclic amines) is 1. The Balaban J connectivity index is 1.04. The Morgan fingerprint density at radius 1 is 0.848 bits per heavy atom. The van der Waals surface area contributed by atoms with Crippen molar-refractivity contribution in [3.05, 3.63) is 96.3 Å². The average molecular weight is 618 g/mol. The molecule has 0 aliphatic carbocycles. The predicted molar refractivity (Wildman–Crippen MR) is 171 cm³/mol. The number of rotatable bonds is 8. The van der Waals surface area contributed by atoms with Crippen molar-refractivity contribution in [2.75, 3.05) is 20.2 Å². The lowest BCUT2D eigenvalue weighted by molar-refractivity contribution is -0.134. The second kappa shape index (κ2) is 12.9. The van der Waals surface area contributed by atoms with E-state index in [-0.39, 0.29) is 18.0 Å². The fourth-order valence-corrected chi connectivity index (χ4v) is 6.26. The number of carbonyl (C=O) groups excluding carboxylic acids is 2. The number of hydrogen-bond donors (Lipinski definition) is 4. The van der Waals surface area contributed by atoms with Gasteiger partial charge in [-0.15, -0.1) is 10.2 Å². The maximum absolute atomic E-state index is 13.8. The summed E-state index contributed by atoms with van der Waals surface area (Å²) in [5.41, 5.74) is 5.82. The normalized spacial score (nSPS) is 18.4. The first-order valence-electron chi connectivity index (χ1n) is 15.6. The third-order valence-electron chi connectivity index (χ3n) is 8.69. The van der Waals surface area contributed by atoms with Gasteiger partial charge in [-0.2, -0.15) is 0 Å². The first kappa shape index (κ1) is 29.4. The third kappa shape index (κ3) is 5.98. The fraction of sp³-hybridized carbons (Fsp3) is 0.294. The van der Waals surface area contributed by atoms with Crippen LogP contribution >= 0.6 is 0 Å². The van der Waals surface area contributed by atoms with Crippen LogP contribution in [-0.2, 0) is 9.53 Å². The van der Waals surface area contributed by atoms with Gasteiger partial charge in [-0.25, -0.2) is 14.8 Å². The van der Waals surface area contributed by atoms with Gasteiger partial charge in [-0.05, 0) is 55.5 Å². The number of aromatic nitrogens is 6. The van der Waals surface area contributed by atoms with Crippen molar-refractivity contribution in [2.24, 2.45) is 0 Å². The first-order chi connectivity index (χ1) is 22.6. The predicted octanol–water partition coefficient (Wildman–Crippen LogP) is 5.11. The summed E-state index contributed by atoms with van der Waals surface area (Å²) in [7, 11) is 1.28. The van der Waals surface area contributed by atoms with Crippen LogP contribution in [0.15, 0.2) is 79.1 Å². The molecule has 2 aliphatic rings. The highest BCUT2D eigenvalue weighted by Crippen LogP contribution is 2.34. The van der Waals surface area contributed by atoms with E-state index in [9.17, 15) is 9.59 Å². The van der Waals surface area contributed by atoms with Crippen molar-refractivity contribution in [3.63, 3.8) is 0 Å². The molecule has 5 aromatic rings. The number of nitrogens with zero attached hydrogens (tertiary/aromatic N) is 5. The Kier molecular flexibility index (Phi) is 8.26. The molecule has 46 heavy (non-hydrogen) atoms. The molecule has 12 heteroatoms. The zero-order chi connectivity index (χ0) is 31.5. The van der Waals surface area contributed by atoms with Crippen molar-refractivity contribution in [3.8, 4) is 33.9 Å².